The fourth-order valence-electron chi connectivity index (χ4n) is 2.23. The van der Waals surface area contributed by atoms with Crippen LogP contribution in [0.1, 0.15) is 38.9 Å². The number of nitrogens with zero attached hydrogens (tertiary/aromatic N) is 2. The monoisotopic (exact) mass is 298 g/mol. The Morgan fingerprint density at radius 1 is 1.36 bits per heavy atom. The van der Waals surface area contributed by atoms with Gasteiger partial charge in [-0.3, -0.25) is 9.89 Å². The standard InChI is InChI=1S/C15H14N4O3/c1-8-12(9(2)19-18-8)13(15(21)22)17-14(20)11-6-4-3-5-10(11)7-16/h3-6,13H,1-2H3,(H,17,20)(H,18,19)(H,21,22). The largest absolute Gasteiger partial charge is 0.479 e. The molecule has 0 aliphatic carbocycles. The lowest BCUT2D eigenvalue weighted by Crippen LogP contribution is -2.34. The van der Waals surface area contributed by atoms with Gasteiger partial charge in [0, 0.05) is 11.3 Å². The summed E-state index contributed by atoms with van der Waals surface area (Å²) in [5, 5.41) is 27.5. The molecule has 7 heteroatoms. The maximum Gasteiger partial charge on any atom is 0.331 e. The summed E-state index contributed by atoms with van der Waals surface area (Å²) in [6.45, 7) is 3.34. The van der Waals surface area contributed by atoms with Crippen LogP contribution in [0, 0.1) is 25.2 Å². The predicted octanol–water partition coefficient (Wildman–Crippen LogP) is 1.45. The molecule has 1 unspecified atom stereocenters. The van der Waals surface area contributed by atoms with Gasteiger partial charge in [-0.25, -0.2) is 4.79 Å². The summed E-state index contributed by atoms with van der Waals surface area (Å²) < 4.78 is 0. The van der Waals surface area contributed by atoms with Crippen molar-refractivity contribution in [2.45, 2.75) is 19.9 Å². The molecule has 0 aliphatic heterocycles. The molecule has 7 nitrogen and oxygen atoms in total. The van der Waals surface area contributed by atoms with Gasteiger partial charge in [0.1, 0.15) is 0 Å². The molecule has 0 bridgehead atoms. The zero-order valence-corrected chi connectivity index (χ0v) is 12.0. The Hall–Kier alpha value is -3.14. The van der Waals surface area contributed by atoms with Crippen LogP contribution in [0.5, 0.6) is 0 Å². The van der Waals surface area contributed by atoms with Gasteiger partial charge in [-0.2, -0.15) is 10.4 Å². The van der Waals surface area contributed by atoms with E-state index in [2.05, 4.69) is 15.5 Å². The fourth-order valence-corrected chi connectivity index (χ4v) is 2.23. The number of aryl methyl sites for hydroxylation is 2. The van der Waals surface area contributed by atoms with E-state index in [1.807, 2.05) is 6.07 Å². The first-order valence-electron chi connectivity index (χ1n) is 6.50. The van der Waals surface area contributed by atoms with Gasteiger partial charge in [0.05, 0.1) is 22.9 Å². The zero-order valence-electron chi connectivity index (χ0n) is 12.0. The van der Waals surface area contributed by atoms with E-state index in [0.717, 1.165) is 0 Å². The molecular formula is C15H14N4O3. The molecule has 2 rings (SSSR count). The number of carboxylic acid groups (broad SMARTS) is 1. The Balaban J connectivity index is 2.36. The lowest BCUT2D eigenvalue weighted by Gasteiger charge is -2.15. The number of H-pyrrole nitrogens is 1. The normalized spacial score (nSPS) is 11.5. The average molecular weight is 298 g/mol. The number of aliphatic carboxylic acids is 1. The second kappa shape index (κ2) is 6.10. The molecular weight excluding hydrogens is 284 g/mol. The van der Waals surface area contributed by atoms with Crippen LogP contribution in [0.2, 0.25) is 0 Å². The molecule has 2 aromatic rings. The van der Waals surface area contributed by atoms with Crippen LogP contribution >= 0.6 is 0 Å². The van der Waals surface area contributed by atoms with Gasteiger partial charge in [-0.1, -0.05) is 12.1 Å². The summed E-state index contributed by atoms with van der Waals surface area (Å²) in [6, 6.07) is 6.89. The topological polar surface area (TPSA) is 119 Å². The van der Waals surface area contributed by atoms with E-state index < -0.39 is 17.9 Å². The number of carboxylic acids is 1. The van der Waals surface area contributed by atoms with Crippen LogP contribution in [0.3, 0.4) is 0 Å². The number of carbonyl (C=O) groups is 2. The zero-order chi connectivity index (χ0) is 16.3. The predicted molar refractivity (Wildman–Crippen MR) is 77.1 cm³/mol. The highest BCUT2D eigenvalue weighted by atomic mass is 16.4. The summed E-state index contributed by atoms with van der Waals surface area (Å²) in [5.41, 5.74) is 1.80. The minimum absolute atomic E-state index is 0.134. The molecule has 1 aromatic carbocycles. The van der Waals surface area contributed by atoms with Crippen LogP contribution in [0.4, 0.5) is 0 Å². The summed E-state index contributed by atoms with van der Waals surface area (Å²) >= 11 is 0. The van der Waals surface area contributed by atoms with Crippen LogP contribution in [0.15, 0.2) is 24.3 Å². The first kappa shape index (κ1) is 15.3. The van der Waals surface area contributed by atoms with Gasteiger partial charge in [-0.05, 0) is 26.0 Å². The lowest BCUT2D eigenvalue weighted by atomic mass is 10.0. The highest BCUT2D eigenvalue weighted by molar-refractivity contribution is 5.98. The maximum atomic E-state index is 12.3. The minimum atomic E-state index is -1.24. The van der Waals surface area contributed by atoms with Crippen LogP contribution in [-0.2, 0) is 4.79 Å². The Labute approximate surface area is 126 Å². The third-order valence-electron chi connectivity index (χ3n) is 3.29. The van der Waals surface area contributed by atoms with Crippen molar-refractivity contribution in [1.29, 1.82) is 5.26 Å². The second-order valence-electron chi connectivity index (χ2n) is 4.75. The molecule has 1 amide bonds. The molecule has 1 heterocycles. The molecule has 0 fully saturated rings. The smallest absolute Gasteiger partial charge is 0.331 e. The van der Waals surface area contributed by atoms with Gasteiger partial charge in [0.2, 0.25) is 0 Å². The Kier molecular flexibility index (Phi) is 4.23. The highest BCUT2D eigenvalue weighted by Crippen LogP contribution is 2.21. The van der Waals surface area contributed by atoms with Crippen molar-refractivity contribution >= 4 is 11.9 Å². The molecule has 0 spiro atoms. The molecule has 3 N–H and O–H groups in total. The van der Waals surface area contributed by atoms with Crippen molar-refractivity contribution in [1.82, 2.24) is 15.5 Å². The van der Waals surface area contributed by atoms with E-state index in [4.69, 9.17) is 5.26 Å². The summed E-state index contributed by atoms with van der Waals surface area (Å²) in [7, 11) is 0. The molecule has 112 valence electrons. The molecule has 0 aliphatic rings. The number of hydrogen-bond donors (Lipinski definition) is 3. The van der Waals surface area contributed by atoms with Crippen LogP contribution in [0.25, 0.3) is 0 Å². The Morgan fingerprint density at radius 3 is 2.59 bits per heavy atom. The minimum Gasteiger partial charge on any atom is -0.479 e. The van der Waals surface area contributed by atoms with Gasteiger partial charge in [-0.15, -0.1) is 0 Å². The van der Waals surface area contributed by atoms with E-state index in [1.165, 1.54) is 12.1 Å². The van der Waals surface area contributed by atoms with E-state index in [9.17, 15) is 14.7 Å². The number of nitriles is 1. The maximum absolute atomic E-state index is 12.3. The third kappa shape index (κ3) is 2.81. The molecule has 0 saturated heterocycles. The first-order valence-corrected chi connectivity index (χ1v) is 6.50. The molecule has 0 saturated carbocycles. The van der Waals surface area contributed by atoms with Crippen molar-refractivity contribution in [2.24, 2.45) is 0 Å². The summed E-state index contributed by atoms with van der Waals surface area (Å²) in [4.78, 5) is 23.8. The van der Waals surface area contributed by atoms with E-state index >= 15 is 0 Å². The van der Waals surface area contributed by atoms with Gasteiger partial charge < -0.3 is 10.4 Å². The van der Waals surface area contributed by atoms with E-state index in [0.29, 0.717) is 17.0 Å². The van der Waals surface area contributed by atoms with E-state index in [1.54, 1.807) is 26.0 Å². The molecule has 22 heavy (non-hydrogen) atoms. The summed E-state index contributed by atoms with van der Waals surface area (Å²) in [5.74, 6) is -1.82. The quantitative estimate of drug-likeness (QED) is 0.789. The number of nitrogens with one attached hydrogen (secondary N) is 2. The molecule has 1 atom stereocenters. The highest BCUT2D eigenvalue weighted by Gasteiger charge is 2.28. The number of aromatic amines is 1. The number of aromatic nitrogens is 2. The van der Waals surface area contributed by atoms with Crippen LogP contribution < -0.4 is 5.32 Å². The number of carbonyl (C=O) groups excluding carboxylic acids is 1. The van der Waals surface area contributed by atoms with Crippen molar-refractivity contribution in [3.05, 3.63) is 52.3 Å². The third-order valence-corrected chi connectivity index (χ3v) is 3.29. The molecule has 0 radical (unpaired) electrons. The van der Waals surface area contributed by atoms with Crippen molar-refractivity contribution in [3.63, 3.8) is 0 Å². The van der Waals surface area contributed by atoms with Crippen LogP contribution in [-0.4, -0.2) is 27.2 Å². The Bertz CT molecular complexity index is 754. The Morgan fingerprint density at radius 2 is 2.05 bits per heavy atom. The number of benzene rings is 1. The van der Waals surface area contributed by atoms with Gasteiger partial charge in [0.25, 0.3) is 5.91 Å². The van der Waals surface area contributed by atoms with Crippen molar-refractivity contribution in [2.75, 3.05) is 0 Å². The van der Waals surface area contributed by atoms with Crippen molar-refractivity contribution < 1.29 is 14.7 Å². The van der Waals surface area contributed by atoms with Gasteiger partial charge >= 0.3 is 5.97 Å². The number of hydrogen-bond acceptors (Lipinski definition) is 4. The molecule has 1 aromatic heterocycles. The SMILES string of the molecule is Cc1n[nH]c(C)c1C(NC(=O)c1ccccc1C#N)C(=O)O. The number of amides is 1. The first-order chi connectivity index (χ1) is 10.5. The van der Waals surface area contributed by atoms with E-state index in [-0.39, 0.29) is 11.1 Å². The van der Waals surface area contributed by atoms with Crippen molar-refractivity contribution in [3.8, 4) is 6.07 Å². The second-order valence-corrected chi connectivity index (χ2v) is 4.75. The fraction of sp³-hybridized carbons (Fsp3) is 0.200. The lowest BCUT2D eigenvalue weighted by molar-refractivity contribution is -0.139. The number of rotatable bonds is 4. The average Bonchev–Trinajstić information content (AvgIpc) is 2.83. The van der Waals surface area contributed by atoms with Gasteiger partial charge in [0.15, 0.2) is 6.04 Å². The summed E-state index contributed by atoms with van der Waals surface area (Å²) in [6.07, 6.45) is 0.